The molecular formula is C45H41Cl. The van der Waals surface area contributed by atoms with Crippen LogP contribution in [0.25, 0.3) is 33.4 Å². The maximum absolute atomic E-state index is 6.92. The van der Waals surface area contributed by atoms with E-state index in [9.17, 15) is 0 Å². The van der Waals surface area contributed by atoms with Crippen molar-refractivity contribution < 1.29 is 0 Å². The van der Waals surface area contributed by atoms with E-state index in [1.807, 2.05) is 0 Å². The van der Waals surface area contributed by atoms with Crippen LogP contribution in [0.1, 0.15) is 74.9 Å². The molecule has 0 aliphatic heterocycles. The SMILES string of the molecule is CC(C)(C)c1cc(-c2ccc(-c3ccccc3)c3c2C(c2ccccc2)(c2ccccc2)c2cc(Cl)ccc2-3)cc(C(C)(C)C)c1. The minimum absolute atomic E-state index is 0.00437. The van der Waals surface area contributed by atoms with Gasteiger partial charge in [-0.25, -0.2) is 0 Å². The highest BCUT2D eigenvalue weighted by Crippen LogP contribution is 2.61. The first-order chi connectivity index (χ1) is 22.0. The molecular weight excluding hydrogens is 576 g/mol. The van der Waals surface area contributed by atoms with E-state index >= 15 is 0 Å². The van der Waals surface area contributed by atoms with Crippen LogP contribution in [-0.4, -0.2) is 0 Å². The smallest absolute Gasteiger partial charge is 0.0720 e. The Morgan fingerprint density at radius 2 is 0.935 bits per heavy atom. The van der Waals surface area contributed by atoms with Crippen molar-refractivity contribution >= 4 is 11.6 Å². The van der Waals surface area contributed by atoms with Crippen LogP contribution in [-0.2, 0) is 16.2 Å². The van der Waals surface area contributed by atoms with Crippen LogP contribution >= 0.6 is 11.6 Å². The van der Waals surface area contributed by atoms with Crippen molar-refractivity contribution in [3.63, 3.8) is 0 Å². The molecule has 0 spiro atoms. The highest BCUT2D eigenvalue weighted by Gasteiger charge is 2.48. The number of fused-ring (bicyclic) bond motifs is 3. The Kier molecular flexibility index (Phi) is 7.33. The van der Waals surface area contributed by atoms with Gasteiger partial charge in [0, 0.05) is 5.02 Å². The van der Waals surface area contributed by atoms with E-state index in [2.05, 4.69) is 181 Å². The van der Waals surface area contributed by atoms with E-state index < -0.39 is 5.41 Å². The van der Waals surface area contributed by atoms with E-state index in [1.54, 1.807) is 0 Å². The van der Waals surface area contributed by atoms with Gasteiger partial charge in [0.05, 0.1) is 5.41 Å². The van der Waals surface area contributed by atoms with E-state index in [-0.39, 0.29) is 10.8 Å². The van der Waals surface area contributed by atoms with Crippen molar-refractivity contribution in [2.24, 2.45) is 0 Å². The van der Waals surface area contributed by atoms with Crippen LogP contribution in [0.5, 0.6) is 0 Å². The number of hydrogen-bond donors (Lipinski definition) is 0. The zero-order valence-corrected chi connectivity index (χ0v) is 28.4. The van der Waals surface area contributed by atoms with Crippen molar-refractivity contribution in [1.82, 2.24) is 0 Å². The summed E-state index contributed by atoms with van der Waals surface area (Å²) in [6.45, 7) is 13.9. The molecule has 228 valence electrons. The maximum Gasteiger partial charge on any atom is 0.0720 e. The summed E-state index contributed by atoms with van der Waals surface area (Å²) >= 11 is 6.92. The molecule has 0 fully saturated rings. The Morgan fingerprint density at radius 3 is 1.46 bits per heavy atom. The summed E-state index contributed by atoms with van der Waals surface area (Å²) in [7, 11) is 0. The number of rotatable bonds is 4. The van der Waals surface area contributed by atoms with Crippen LogP contribution in [0.3, 0.4) is 0 Å². The van der Waals surface area contributed by atoms with Crippen molar-refractivity contribution in [1.29, 1.82) is 0 Å². The lowest BCUT2D eigenvalue weighted by atomic mass is 9.65. The van der Waals surface area contributed by atoms with E-state index in [0.717, 1.165) is 5.02 Å². The molecule has 0 nitrogen and oxygen atoms in total. The van der Waals surface area contributed by atoms with Gasteiger partial charge in [-0.15, -0.1) is 0 Å². The Balaban J connectivity index is 1.71. The second-order valence-electron chi connectivity index (χ2n) is 14.7. The monoisotopic (exact) mass is 616 g/mol. The van der Waals surface area contributed by atoms with Gasteiger partial charge in [-0.05, 0) is 89.7 Å². The van der Waals surface area contributed by atoms with Crippen LogP contribution in [0.2, 0.25) is 5.02 Å². The van der Waals surface area contributed by atoms with Crippen LogP contribution in [0, 0.1) is 0 Å². The van der Waals surface area contributed by atoms with Gasteiger partial charge in [0.1, 0.15) is 0 Å². The highest BCUT2D eigenvalue weighted by atomic mass is 35.5. The quantitative estimate of drug-likeness (QED) is 0.184. The predicted molar refractivity (Wildman–Crippen MR) is 197 cm³/mol. The molecule has 7 rings (SSSR count). The lowest BCUT2D eigenvalue weighted by molar-refractivity contribution is 0.569. The van der Waals surface area contributed by atoms with Crippen LogP contribution < -0.4 is 0 Å². The molecule has 1 aliphatic rings. The minimum Gasteiger partial charge on any atom is -0.0843 e. The lowest BCUT2D eigenvalue weighted by Crippen LogP contribution is -2.29. The van der Waals surface area contributed by atoms with Gasteiger partial charge >= 0.3 is 0 Å². The molecule has 0 aromatic heterocycles. The Labute approximate surface area is 279 Å². The summed E-state index contributed by atoms with van der Waals surface area (Å²) in [6, 6.07) is 51.4. The summed E-state index contributed by atoms with van der Waals surface area (Å²) in [5.41, 5.74) is 14.6. The standard InChI is InChI=1S/C45H41Cl/c1-43(2,3)34-26-31(27-35(28-34)44(4,5)6)38-25-24-37(30-16-10-7-11-17-30)41-39-23-22-36(46)29-40(39)45(42(38)41,32-18-12-8-13-19-32)33-20-14-9-15-21-33/h7-29H,1-6H3. The first kappa shape index (κ1) is 30.3. The van der Waals surface area contributed by atoms with E-state index in [1.165, 1.54) is 66.8 Å². The summed E-state index contributed by atoms with van der Waals surface area (Å²) in [5, 5.41) is 0.746. The summed E-state index contributed by atoms with van der Waals surface area (Å²) in [5.74, 6) is 0. The second kappa shape index (κ2) is 11.1. The topological polar surface area (TPSA) is 0 Å². The summed E-state index contributed by atoms with van der Waals surface area (Å²) < 4.78 is 0. The first-order valence-corrected chi connectivity index (χ1v) is 16.7. The fraction of sp³-hybridized carbons (Fsp3) is 0.200. The lowest BCUT2D eigenvalue weighted by Gasteiger charge is -2.36. The largest absolute Gasteiger partial charge is 0.0843 e. The van der Waals surface area contributed by atoms with Crippen LogP contribution in [0.4, 0.5) is 0 Å². The summed E-state index contributed by atoms with van der Waals surface area (Å²) in [6.07, 6.45) is 0. The molecule has 0 radical (unpaired) electrons. The van der Waals surface area contributed by atoms with Gasteiger partial charge in [0.25, 0.3) is 0 Å². The average molecular weight is 617 g/mol. The first-order valence-electron chi connectivity index (χ1n) is 16.3. The fourth-order valence-corrected chi connectivity index (χ4v) is 7.51. The highest BCUT2D eigenvalue weighted by molar-refractivity contribution is 6.31. The Hall–Kier alpha value is -4.39. The predicted octanol–water partition coefficient (Wildman–Crippen LogP) is 12.6. The molecule has 0 saturated heterocycles. The van der Waals surface area contributed by atoms with Gasteiger partial charge in [0.15, 0.2) is 0 Å². The van der Waals surface area contributed by atoms with Crippen LogP contribution in [0.15, 0.2) is 140 Å². The molecule has 0 unspecified atom stereocenters. The molecule has 6 aromatic rings. The molecule has 0 heterocycles. The van der Waals surface area contributed by atoms with Crippen molar-refractivity contribution in [3.05, 3.63) is 178 Å². The van der Waals surface area contributed by atoms with Gasteiger partial charge in [-0.2, -0.15) is 0 Å². The van der Waals surface area contributed by atoms with Crippen molar-refractivity contribution in [2.45, 2.75) is 57.8 Å². The number of halogens is 1. The van der Waals surface area contributed by atoms with E-state index in [4.69, 9.17) is 11.6 Å². The normalized spacial score (nSPS) is 13.7. The second-order valence-corrected chi connectivity index (χ2v) is 15.2. The molecule has 0 saturated carbocycles. The molecule has 6 aromatic carbocycles. The zero-order chi connectivity index (χ0) is 32.3. The third-order valence-electron chi connectivity index (χ3n) is 9.71. The number of hydrogen-bond acceptors (Lipinski definition) is 0. The summed E-state index contributed by atoms with van der Waals surface area (Å²) in [4.78, 5) is 0. The van der Waals surface area contributed by atoms with E-state index in [0.29, 0.717) is 0 Å². The van der Waals surface area contributed by atoms with Gasteiger partial charge in [-0.1, -0.05) is 181 Å². The fourth-order valence-electron chi connectivity index (χ4n) is 7.34. The van der Waals surface area contributed by atoms with Gasteiger partial charge in [-0.3, -0.25) is 0 Å². The molecule has 0 atom stereocenters. The number of benzene rings is 6. The molecule has 1 aliphatic carbocycles. The van der Waals surface area contributed by atoms with Gasteiger partial charge < -0.3 is 0 Å². The third-order valence-corrected chi connectivity index (χ3v) is 9.94. The third kappa shape index (κ3) is 4.91. The molecule has 46 heavy (non-hydrogen) atoms. The molecule has 1 heteroatoms. The molecule has 0 amide bonds. The Morgan fingerprint density at radius 1 is 0.457 bits per heavy atom. The minimum atomic E-state index is -0.585. The average Bonchev–Trinajstić information content (AvgIpc) is 3.35. The van der Waals surface area contributed by atoms with Crippen molar-refractivity contribution in [3.8, 4) is 33.4 Å². The maximum atomic E-state index is 6.92. The molecule has 0 bridgehead atoms. The molecule has 0 N–H and O–H groups in total. The Bertz CT molecular complexity index is 1970. The van der Waals surface area contributed by atoms with Gasteiger partial charge in [0.2, 0.25) is 0 Å². The zero-order valence-electron chi connectivity index (χ0n) is 27.7. The van der Waals surface area contributed by atoms with Crippen molar-refractivity contribution in [2.75, 3.05) is 0 Å².